The van der Waals surface area contributed by atoms with E-state index >= 15 is 0 Å². The molecule has 0 atom stereocenters. The molecule has 3 N–H and O–H groups in total. The summed E-state index contributed by atoms with van der Waals surface area (Å²) in [5.41, 5.74) is 0.638. The van der Waals surface area contributed by atoms with Crippen molar-refractivity contribution >= 4 is 46.6 Å². The predicted octanol–water partition coefficient (Wildman–Crippen LogP) is 7.20. The van der Waals surface area contributed by atoms with E-state index in [0.717, 1.165) is 43.9 Å². The summed E-state index contributed by atoms with van der Waals surface area (Å²) in [6.07, 6.45) is 4.01. The van der Waals surface area contributed by atoms with Crippen LogP contribution in [0.2, 0.25) is 5.02 Å². The van der Waals surface area contributed by atoms with Crippen molar-refractivity contribution in [3.05, 3.63) is 89.0 Å². The van der Waals surface area contributed by atoms with Gasteiger partial charge in [-0.3, -0.25) is 15.0 Å². The first-order chi connectivity index (χ1) is 17.8. The second-order valence-corrected chi connectivity index (χ2v) is 8.64. The molecule has 0 aliphatic rings. The lowest BCUT2D eigenvalue weighted by Gasteiger charge is -2.23. The highest BCUT2D eigenvalue weighted by molar-refractivity contribution is 6.30. The Morgan fingerprint density at radius 1 is 0.811 bits per heavy atom. The largest absolute Gasteiger partial charge is 0.326 e. The highest BCUT2D eigenvalue weighted by Crippen LogP contribution is 2.21. The standard InChI is InChI=1S/C27H27ClF2N4O3/c1-2-3-4-5-17-34(21-15-9-18(28)10-16-21)27(37)32-20-13-11-19(12-14-20)31-26(36)33-25(35)24-22(29)7-6-8-23(24)30/h6-16H,2-5,17H2,1H3,(H,32,37)(H2,31,33,35,36). The maximum absolute atomic E-state index is 13.7. The maximum atomic E-state index is 13.7. The molecule has 194 valence electrons. The summed E-state index contributed by atoms with van der Waals surface area (Å²) >= 11 is 5.99. The van der Waals surface area contributed by atoms with E-state index in [1.807, 2.05) is 5.32 Å². The molecule has 0 aromatic heterocycles. The number of carbonyl (C=O) groups is 3. The Morgan fingerprint density at radius 3 is 2.00 bits per heavy atom. The number of imide groups is 1. The van der Waals surface area contributed by atoms with Gasteiger partial charge >= 0.3 is 12.1 Å². The Balaban J connectivity index is 1.60. The molecule has 0 heterocycles. The van der Waals surface area contributed by atoms with Crippen LogP contribution in [-0.2, 0) is 0 Å². The molecule has 3 aromatic carbocycles. The number of halogens is 3. The van der Waals surface area contributed by atoms with Crippen molar-refractivity contribution in [1.82, 2.24) is 5.32 Å². The minimum atomic E-state index is -1.21. The zero-order valence-electron chi connectivity index (χ0n) is 20.2. The molecule has 0 bridgehead atoms. The Hall–Kier alpha value is -3.98. The van der Waals surface area contributed by atoms with Gasteiger partial charge in [0.25, 0.3) is 5.91 Å². The normalized spacial score (nSPS) is 10.5. The molecule has 0 saturated carbocycles. The van der Waals surface area contributed by atoms with E-state index in [0.29, 0.717) is 28.6 Å². The monoisotopic (exact) mass is 528 g/mol. The Kier molecular flexibility index (Phi) is 9.97. The number of nitrogens with zero attached hydrogens (tertiary/aromatic N) is 1. The molecule has 10 heteroatoms. The number of rotatable bonds is 9. The van der Waals surface area contributed by atoms with Crippen LogP contribution in [0.3, 0.4) is 0 Å². The van der Waals surface area contributed by atoms with Gasteiger partial charge in [0.2, 0.25) is 0 Å². The van der Waals surface area contributed by atoms with E-state index in [1.165, 1.54) is 12.1 Å². The Morgan fingerprint density at radius 2 is 1.41 bits per heavy atom. The van der Waals surface area contributed by atoms with Crippen LogP contribution in [0.15, 0.2) is 66.7 Å². The zero-order chi connectivity index (χ0) is 26.8. The van der Waals surface area contributed by atoms with E-state index in [4.69, 9.17) is 11.6 Å². The predicted molar refractivity (Wildman–Crippen MR) is 141 cm³/mol. The number of urea groups is 2. The van der Waals surface area contributed by atoms with Crippen molar-refractivity contribution in [2.75, 3.05) is 22.1 Å². The van der Waals surface area contributed by atoms with Crippen molar-refractivity contribution < 1.29 is 23.2 Å². The van der Waals surface area contributed by atoms with E-state index in [9.17, 15) is 23.2 Å². The minimum absolute atomic E-state index is 0.298. The van der Waals surface area contributed by atoms with Crippen LogP contribution in [-0.4, -0.2) is 24.5 Å². The number of carbonyl (C=O) groups excluding carboxylic acids is 3. The van der Waals surface area contributed by atoms with Gasteiger partial charge in [-0.05, 0) is 67.1 Å². The number of anilines is 3. The van der Waals surface area contributed by atoms with Crippen molar-refractivity contribution in [1.29, 1.82) is 0 Å². The second kappa shape index (κ2) is 13.4. The van der Waals surface area contributed by atoms with Crippen molar-refractivity contribution in [2.45, 2.75) is 32.6 Å². The lowest BCUT2D eigenvalue weighted by Crippen LogP contribution is -2.36. The molecule has 3 aromatic rings. The third-order valence-corrected chi connectivity index (χ3v) is 5.68. The van der Waals surface area contributed by atoms with Gasteiger partial charge in [0, 0.05) is 28.6 Å². The fourth-order valence-corrected chi connectivity index (χ4v) is 3.66. The van der Waals surface area contributed by atoms with Crippen LogP contribution in [0.4, 0.5) is 35.4 Å². The fourth-order valence-electron chi connectivity index (χ4n) is 3.54. The molecule has 37 heavy (non-hydrogen) atoms. The molecule has 0 fully saturated rings. The molecule has 5 amide bonds. The summed E-state index contributed by atoms with van der Waals surface area (Å²) in [5, 5.41) is 7.69. The quantitative estimate of drug-likeness (QED) is 0.256. The van der Waals surface area contributed by atoms with E-state index in [-0.39, 0.29) is 6.03 Å². The summed E-state index contributed by atoms with van der Waals surface area (Å²) in [6.45, 7) is 2.65. The van der Waals surface area contributed by atoms with Crippen LogP contribution in [0, 0.1) is 11.6 Å². The summed E-state index contributed by atoms with van der Waals surface area (Å²) in [6, 6.07) is 14.8. The average Bonchev–Trinajstić information content (AvgIpc) is 2.86. The topological polar surface area (TPSA) is 90.5 Å². The fraction of sp³-hybridized carbons (Fsp3) is 0.222. The number of nitrogens with one attached hydrogen (secondary N) is 3. The molecule has 0 radical (unpaired) electrons. The van der Waals surface area contributed by atoms with Crippen molar-refractivity contribution in [3.63, 3.8) is 0 Å². The second-order valence-electron chi connectivity index (χ2n) is 8.20. The summed E-state index contributed by atoms with van der Waals surface area (Å²) in [7, 11) is 0. The van der Waals surface area contributed by atoms with Gasteiger partial charge in [-0.25, -0.2) is 18.4 Å². The molecule has 0 aliphatic carbocycles. The maximum Gasteiger partial charge on any atom is 0.326 e. The van der Waals surface area contributed by atoms with Crippen molar-refractivity contribution in [3.8, 4) is 0 Å². The number of hydrogen-bond donors (Lipinski definition) is 3. The van der Waals surface area contributed by atoms with E-state index in [2.05, 4.69) is 17.6 Å². The van der Waals surface area contributed by atoms with E-state index in [1.54, 1.807) is 41.3 Å². The lowest BCUT2D eigenvalue weighted by atomic mass is 10.2. The molecule has 7 nitrogen and oxygen atoms in total. The van der Waals surface area contributed by atoms with Crippen LogP contribution in [0.5, 0.6) is 0 Å². The van der Waals surface area contributed by atoms with Gasteiger partial charge in [0.1, 0.15) is 17.2 Å². The van der Waals surface area contributed by atoms with Gasteiger partial charge in [0.15, 0.2) is 0 Å². The smallest absolute Gasteiger partial charge is 0.308 e. The van der Waals surface area contributed by atoms with Crippen LogP contribution >= 0.6 is 11.6 Å². The van der Waals surface area contributed by atoms with Gasteiger partial charge in [-0.2, -0.15) is 0 Å². The summed E-state index contributed by atoms with van der Waals surface area (Å²) in [4.78, 5) is 38.9. The first kappa shape index (κ1) is 27.6. The molecule has 3 rings (SSSR count). The van der Waals surface area contributed by atoms with E-state index < -0.39 is 29.1 Å². The highest BCUT2D eigenvalue weighted by atomic mass is 35.5. The zero-order valence-corrected chi connectivity index (χ0v) is 20.9. The highest BCUT2D eigenvalue weighted by Gasteiger charge is 2.19. The summed E-state index contributed by atoms with van der Waals surface area (Å²) < 4.78 is 27.5. The first-order valence-corrected chi connectivity index (χ1v) is 12.2. The Bertz CT molecular complexity index is 1220. The van der Waals surface area contributed by atoms with Gasteiger partial charge in [-0.1, -0.05) is 43.9 Å². The number of unbranched alkanes of at least 4 members (excludes halogenated alkanes) is 3. The third kappa shape index (κ3) is 8.01. The minimum Gasteiger partial charge on any atom is -0.308 e. The van der Waals surface area contributed by atoms with Gasteiger partial charge < -0.3 is 10.6 Å². The van der Waals surface area contributed by atoms with Crippen LogP contribution < -0.4 is 20.9 Å². The Labute approximate surface area is 218 Å². The number of amides is 5. The van der Waals surface area contributed by atoms with Crippen LogP contribution in [0.1, 0.15) is 43.0 Å². The lowest BCUT2D eigenvalue weighted by molar-refractivity contribution is 0.0959. The van der Waals surface area contributed by atoms with Gasteiger partial charge in [-0.15, -0.1) is 0 Å². The number of benzene rings is 3. The average molecular weight is 529 g/mol. The van der Waals surface area contributed by atoms with Crippen molar-refractivity contribution in [2.24, 2.45) is 0 Å². The molecule has 0 unspecified atom stereocenters. The third-order valence-electron chi connectivity index (χ3n) is 5.43. The number of hydrogen-bond acceptors (Lipinski definition) is 3. The summed E-state index contributed by atoms with van der Waals surface area (Å²) in [5.74, 6) is -3.37. The first-order valence-electron chi connectivity index (χ1n) is 11.8. The molecular formula is C27H27ClF2N4O3. The van der Waals surface area contributed by atoms with Crippen LogP contribution in [0.25, 0.3) is 0 Å². The molecule has 0 saturated heterocycles. The molecule has 0 spiro atoms. The van der Waals surface area contributed by atoms with Gasteiger partial charge in [0.05, 0.1) is 0 Å². The molecule has 0 aliphatic heterocycles. The SMILES string of the molecule is CCCCCCN(C(=O)Nc1ccc(NC(=O)NC(=O)c2c(F)cccc2F)cc1)c1ccc(Cl)cc1. The molecular weight excluding hydrogens is 502 g/mol.